The van der Waals surface area contributed by atoms with E-state index in [4.69, 9.17) is 11.6 Å². The lowest BCUT2D eigenvalue weighted by Gasteiger charge is -2.32. The molecule has 2 rings (SSSR count). The summed E-state index contributed by atoms with van der Waals surface area (Å²) >= 11 is 5.78. The smallest absolute Gasteiger partial charge is 0.256 e. The number of carbonyl (C=O) groups is 1. The van der Waals surface area contributed by atoms with E-state index in [1.165, 1.54) is 18.2 Å². The Kier molecular flexibility index (Phi) is 3.64. The molecule has 0 bridgehead atoms. The molecule has 0 unspecified atom stereocenters. The van der Waals surface area contributed by atoms with Crippen molar-refractivity contribution in [2.45, 2.75) is 13.0 Å². The van der Waals surface area contributed by atoms with E-state index in [1.54, 1.807) is 4.90 Å². The topological polar surface area (TPSA) is 32.3 Å². The van der Waals surface area contributed by atoms with Crippen molar-refractivity contribution < 1.29 is 9.18 Å². The van der Waals surface area contributed by atoms with E-state index >= 15 is 0 Å². The van der Waals surface area contributed by atoms with Gasteiger partial charge in [-0.15, -0.1) is 0 Å². The highest BCUT2D eigenvalue weighted by molar-refractivity contribution is 6.31. The van der Waals surface area contributed by atoms with Gasteiger partial charge in [-0.3, -0.25) is 4.79 Å². The van der Waals surface area contributed by atoms with Crippen LogP contribution in [0, 0.1) is 5.82 Å². The molecule has 1 saturated heterocycles. The SMILES string of the molecule is C[C@H]1CN(C(=O)c2cc(Cl)ccc2F)CCN1. The first-order valence-electron chi connectivity index (χ1n) is 5.55. The summed E-state index contributed by atoms with van der Waals surface area (Å²) < 4.78 is 13.6. The number of hydrogen-bond acceptors (Lipinski definition) is 2. The van der Waals surface area contributed by atoms with Gasteiger partial charge in [-0.2, -0.15) is 0 Å². The van der Waals surface area contributed by atoms with Gasteiger partial charge in [-0.1, -0.05) is 11.6 Å². The molecule has 1 aromatic rings. The molecule has 1 amide bonds. The average Bonchev–Trinajstić information content (AvgIpc) is 2.31. The van der Waals surface area contributed by atoms with Gasteiger partial charge in [0.15, 0.2) is 0 Å². The van der Waals surface area contributed by atoms with Crippen LogP contribution in [0.5, 0.6) is 0 Å². The van der Waals surface area contributed by atoms with Gasteiger partial charge in [0.25, 0.3) is 5.91 Å². The van der Waals surface area contributed by atoms with Crippen LogP contribution >= 0.6 is 11.6 Å². The van der Waals surface area contributed by atoms with Crippen molar-refractivity contribution in [2.75, 3.05) is 19.6 Å². The molecular weight excluding hydrogens is 243 g/mol. The summed E-state index contributed by atoms with van der Waals surface area (Å²) in [6.45, 7) is 3.91. The Morgan fingerprint density at radius 2 is 2.35 bits per heavy atom. The second-order valence-corrected chi connectivity index (χ2v) is 4.67. The fourth-order valence-electron chi connectivity index (χ4n) is 1.95. The second-order valence-electron chi connectivity index (χ2n) is 4.23. The summed E-state index contributed by atoms with van der Waals surface area (Å²) in [4.78, 5) is 13.8. The number of benzene rings is 1. The molecule has 1 aliphatic rings. The third-order valence-corrected chi connectivity index (χ3v) is 3.05. The highest BCUT2D eigenvalue weighted by atomic mass is 35.5. The fraction of sp³-hybridized carbons (Fsp3) is 0.417. The van der Waals surface area contributed by atoms with E-state index in [0.29, 0.717) is 18.1 Å². The zero-order valence-electron chi connectivity index (χ0n) is 9.54. The molecule has 0 aliphatic carbocycles. The van der Waals surface area contributed by atoms with Crippen LogP contribution in [0.25, 0.3) is 0 Å². The van der Waals surface area contributed by atoms with Crippen LogP contribution in [0.2, 0.25) is 5.02 Å². The Morgan fingerprint density at radius 3 is 3.06 bits per heavy atom. The van der Waals surface area contributed by atoms with E-state index in [2.05, 4.69) is 5.32 Å². The molecule has 1 N–H and O–H groups in total. The molecule has 17 heavy (non-hydrogen) atoms. The lowest BCUT2D eigenvalue weighted by Crippen LogP contribution is -2.51. The number of nitrogens with zero attached hydrogens (tertiary/aromatic N) is 1. The summed E-state index contributed by atoms with van der Waals surface area (Å²) in [6, 6.07) is 4.27. The molecule has 1 heterocycles. The van der Waals surface area contributed by atoms with Crippen LogP contribution in [0.15, 0.2) is 18.2 Å². The summed E-state index contributed by atoms with van der Waals surface area (Å²) in [7, 11) is 0. The highest BCUT2D eigenvalue weighted by Crippen LogP contribution is 2.17. The molecule has 1 aliphatic heterocycles. The first-order chi connectivity index (χ1) is 8.08. The maximum Gasteiger partial charge on any atom is 0.256 e. The zero-order chi connectivity index (χ0) is 12.4. The fourth-order valence-corrected chi connectivity index (χ4v) is 2.12. The van der Waals surface area contributed by atoms with Crippen molar-refractivity contribution in [1.82, 2.24) is 10.2 Å². The van der Waals surface area contributed by atoms with Gasteiger partial charge >= 0.3 is 0 Å². The van der Waals surface area contributed by atoms with Crippen molar-refractivity contribution >= 4 is 17.5 Å². The minimum atomic E-state index is -0.523. The predicted octanol–water partition coefficient (Wildman–Crippen LogP) is 1.91. The van der Waals surface area contributed by atoms with Gasteiger partial charge < -0.3 is 10.2 Å². The third kappa shape index (κ3) is 2.76. The van der Waals surface area contributed by atoms with Crippen molar-refractivity contribution in [3.05, 3.63) is 34.6 Å². The maximum absolute atomic E-state index is 13.6. The lowest BCUT2D eigenvalue weighted by atomic mass is 10.1. The number of nitrogens with one attached hydrogen (secondary N) is 1. The summed E-state index contributed by atoms with van der Waals surface area (Å²) in [5, 5.41) is 3.60. The summed E-state index contributed by atoms with van der Waals surface area (Å²) in [5.41, 5.74) is 0.0478. The van der Waals surface area contributed by atoms with E-state index in [0.717, 1.165) is 6.54 Å². The molecule has 0 aromatic heterocycles. The number of amides is 1. The molecule has 5 heteroatoms. The minimum Gasteiger partial charge on any atom is -0.336 e. The molecule has 3 nitrogen and oxygen atoms in total. The van der Waals surface area contributed by atoms with E-state index < -0.39 is 5.82 Å². The second kappa shape index (κ2) is 5.02. The normalized spacial score (nSPS) is 20.4. The number of hydrogen-bond donors (Lipinski definition) is 1. The van der Waals surface area contributed by atoms with Crippen LogP contribution in [0.4, 0.5) is 4.39 Å². The van der Waals surface area contributed by atoms with Crippen LogP contribution in [0.1, 0.15) is 17.3 Å². The Bertz CT molecular complexity index is 439. The zero-order valence-corrected chi connectivity index (χ0v) is 10.3. The standard InChI is InChI=1S/C12H14ClFN2O/c1-8-7-16(5-4-15-8)12(17)10-6-9(13)2-3-11(10)14/h2-3,6,8,15H,4-5,7H2,1H3/t8-/m0/s1. The third-order valence-electron chi connectivity index (χ3n) is 2.81. The Labute approximate surface area is 105 Å². The molecule has 0 spiro atoms. The lowest BCUT2D eigenvalue weighted by molar-refractivity contribution is 0.0704. The number of rotatable bonds is 1. The summed E-state index contributed by atoms with van der Waals surface area (Å²) in [5.74, 6) is -0.816. The van der Waals surface area contributed by atoms with Crippen LogP contribution < -0.4 is 5.32 Å². The maximum atomic E-state index is 13.6. The van der Waals surface area contributed by atoms with Crippen molar-refractivity contribution in [3.8, 4) is 0 Å². The van der Waals surface area contributed by atoms with Gasteiger partial charge in [-0.05, 0) is 25.1 Å². The van der Waals surface area contributed by atoms with E-state index in [-0.39, 0.29) is 17.5 Å². The molecule has 1 atom stereocenters. The van der Waals surface area contributed by atoms with Gasteiger partial charge in [0.1, 0.15) is 5.82 Å². The number of halogens is 2. The first-order valence-corrected chi connectivity index (χ1v) is 5.93. The molecule has 0 saturated carbocycles. The first kappa shape index (κ1) is 12.3. The minimum absolute atomic E-state index is 0.0478. The number of carbonyl (C=O) groups excluding carboxylic acids is 1. The van der Waals surface area contributed by atoms with Gasteiger partial charge in [0.2, 0.25) is 0 Å². The highest BCUT2D eigenvalue weighted by Gasteiger charge is 2.23. The van der Waals surface area contributed by atoms with Crippen molar-refractivity contribution in [2.24, 2.45) is 0 Å². The van der Waals surface area contributed by atoms with Crippen LogP contribution in [-0.2, 0) is 0 Å². The summed E-state index contributed by atoms with van der Waals surface area (Å²) in [6.07, 6.45) is 0. The number of piperazine rings is 1. The van der Waals surface area contributed by atoms with Gasteiger partial charge in [0, 0.05) is 30.7 Å². The molecule has 92 valence electrons. The van der Waals surface area contributed by atoms with Gasteiger partial charge in [0.05, 0.1) is 5.56 Å². The van der Waals surface area contributed by atoms with Crippen molar-refractivity contribution in [1.29, 1.82) is 0 Å². The average molecular weight is 257 g/mol. The molecule has 1 fully saturated rings. The molecule has 1 aromatic carbocycles. The van der Waals surface area contributed by atoms with E-state index in [9.17, 15) is 9.18 Å². The molecular formula is C12H14ClFN2O. The Morgan fingerprint density at radius 1 is 1.59 bits per heavy atom. The Balaban J connectivity index is 2.21. The van der Waals surface area contributed by atoms with Crippen molar-refractivity contribution in [3.63, 3.8) is 0 Å². The van der Waals surface area contributed by atoms with Gasteiger partial charge in [-0.25, -0.2) is 4.39 Å². The monoisotopic (exact) mass is 256 g/mol. The quantitative estimate of drug-likeness (QED) is 0.833. The molecule has 0 radical (unpaired) electrons. The van der Waals surface area contributed by atoms with E-state index in [1.807, 2.05) is 6.92 Å². The van der Waals surface area contributed by atoms with Crippen LogP contribution in [-0.4, -0.2) is 36.5 Å². The predicted molar refractivity (Wildman–Crippen MR) is 64.8 cm³/mol. The van der Waals surface area contributed by atoms with Crippen LogP contribution in [0.3, 0.4) is 0 Å². The largest absolute Gasteiger partial charge is 0.336 e. The Hall–Kier alpha value is -1.13.